The summed E-state index contributed by atoms with van der Waals surface area (Å²) in [7, 11) is 0. The molecule has 0 spiro atoms. The highest BCUT2D eigenvalue weighted by Gasteiger charge is 2.30. The van der Waals surface area contributed by atoms with E-state index in [2.05, 4.69) is 19.7 Å². The molecule has 0 aliphatic heterocycles. The number of alkyl halides is 3. The fraction of sp³-hybridized carbons (Fsp3) is 0.286. The molecule has 0 N–H and O–H groups in total. The van der Waals surface area contributed by atoms with Crippen molar-refractivity contribution in [3.8, 4) is 22.8 Å². The van der Waals surface area contributed by atoms with Crippen LogP contribution in [-0.2, 0) is 6.18 Å². The minimum Gasteiger partial charge on any atom is -0.334 e. The maximum atomic E-state index is 12.9. The van der Waals surface area contributed by atoms with E-state index in [-0.39, 0.29) is 17.3 Å². The topological polar surface area (TPSA) is 56.7 Å². The summed E-state index contributed by atoms with van der Waals surface area (Å²) >= 11 is 0. The molecule has 2 heterocycles. The van der Waals surface area contributed by atoms with Crippen LogP contribution in [0, 0.1) is 0 Å². The fourth-order valence-corrected chi connectivity index (χ4v) is 3.93. The van der Waals surface area contributed by atoms with Crippen molar-refractivity contribution in [2.24, 2.45) is 0 Å². The van der Waals surface area contributed by atoms with Crippen LogP contribution in [0.1, 0.15) is 37.3 Å². The Morgan fingerprint density at radius 3 is 2.62 bits per heavy atom. The van der Waals surface area contributed by atoms with E-state index in [1.54, 1.807) is 0 Å². The van der Waals surface area contributed by atoms with E-state index >= 15 is 0 Å². The molecule has 1 saturated carbocycles. The van der Waals surface area contributed by atoms with Crippen molar-refractivity contribution in [2.75, 3.05) is 0 Å². The summed E-state index contributed by atoms with van der Waals surface area (Å²) in [5.74, 6) is 0.359. The molecule has 0 radical (unpaired) electrons. The van der Waals surface area contributed by atoms with Crippen molar-refractivity contribution in [2.45, 2.75) is 37.9 Å². The molecular formula is C21H17F3N4O. The lowest BCUT2D eigenvalue weighted by Crippen LogP contribution is -2.04. The summed E-state index contributed by atoms with van der Waals surface area (Å²) in [5, 5.41) is 3.86. The lowest BCUT2D eigenvalue weighted by Gasteiger charge is -2.11. The van der Waals surface area contributed by atoms with Crippen LogP contribution < -0.4 is 0 Å². The van der Waals surface area contributed by atoms with E-state index in [0.717, 1.165) is 36.0 Å². The molecule has 4 aromatic rings. The van der Waals surface area contributed by atoms with Gasteiger partial charge in [0, 0.05) is 17.2 Å². The first-order chi connectivity index (χ1) is 14.0. The molecule has 2 aromatic heterocycles. The molecule has 0 unspecified atom stereocenters. The maximum Gasteiger partial charge on any atom is 0.416 e. The Labute approximate surface area is 164 Å². The Bertz CT molecular complexity index is 1170. The van der Waals surface area contributed by atoms with E-state index in [4.69, 9.17) is 4.52 Å². The molecule has 2 aromatic carbocycles. The molecule has 0 atom stereocenters. The summed E-state index contributed by atoms with van der Waals surface area (Å²) in [6.45, 7) is 0. The maximum absolute atomic E-state index is 12.9. The average Bonchev–Trinajstić information content (AvgIpc) is 3.46. The molecule has 1 fully saturated rings. The van der Waals surface area contributed by atoms with Gasteiger partial charge in [-0.25, -0.2) is 4.98 Å². The molecule has 0 saturated heterocycles. The lowest BCUT2D eigenvalue weighted by atomic mass is 10.1. The fourth-order valence-electron chi connectivity index (χ4n) is 3.93. The number of halogens is 3. The highest BCUT2D eigenvalue weighted by Crippen LogP contribution is 2.34. The first kappa shape index (κ1) is 17.9. The van der Waals surface area contributed by atoms with Gasteiger partial charge in [-0.2, -0.15) is 18.2 Å². The van der Waals surface area contributed by atoms with Crippen molar-refractivity contribution < 1.29 is 17.7 Å². The van der Waals surface area contributed by atoms with E-state index in [9.17, 15) is 13.2 Å². The quantitative estimate of drug-likeness (QED) is 0.432. The van der Waals surface area contributed by atoms with E-state index in [1.807, 2.05) is 24.5 Å². The number of fused-ring (bicyclic) bond motifs is 1. The third kappa shape index (κ3) is 3.28. The highest BCUT2D eigenvalue weighted by molar-refractivity contribution is 5.80. The second-order valence-electron chi connectivity index (χ2n) is 7.30. The smallest absolute Gasteiger partial charge is 0.334 e. The number of hydrogen-bond donors (Lipinski definition) is 0. The van der Waals surface area contributed by atoms with Crippen LogP contribution in [0.2, 0.25) is 0 Å². The van der Waals surface area contributed by atoms with Gasteiger partial charge < -0.3 is 9.09 Å². The second kappa shape index (κ2) is 6.72. The Morgan fingerprint density at radius 2 is 1.83 bits per heavy atom. The first-order valence-corrected chi connectivity index (χ1v) is 9.47. The van der Waals surface area contributed by atoms with Crippen molar-refractivity contribution in [3.05, 3.63) is 54.4 Å². The predicted molar refractivity (Wildman–Crippen MR) is 101 cm³/mol. The standard InChI is InChI=1S/C21H17F3N4O/c22-21(23,24)15-5-3-4-13(10-15)19-26-20(29-27-19)14-8-9-18-17(11-14)25-12-28(18)16-6-1-2-7-16/h3-5,8-12,16H,1-2,6-7H2. The van der Waals surface area contributed by atoms with Crippen molar-refractivity contribution >= 4 is 11.0 Å². The van der Waals surface area contributed by atoms with Gasteiger partial charge in [0.25, 0.3) is 5.89 Å². The molecular weight excluding hydrogens is 381 g/mol. The molecule has 8 heteroatoms. The Kier molecular flexibility index (Phi) is 4.15. The van der Waals surface area contributed by atoms with E-state index in [0.29, 0.717) is 11.6 Å². The van der Waals surface area contributed by atoms with Gasteiger partial charge in [0.1, 0.15) is 0 Å². The summed E-state index contributed by atoms with van der Waals surface area (Å²) in [6, 6.07) is 11.1. The number of aromatic nitrogens is 4. The summed E-state index contributed by atoms with van der Waals surface area (Å²) < 4.78 is 46.4. The number of benzene rings is 2. The Balaban J connectivity index is 1.47. The number of imidazole rings is 1. The molecule has 29 heavy (non-hydrogen) atoms. The SMILES string of the molecule is FC(F)(F)c1cccc(-c2noc(-c3ccc4c(c3)ncn4C3CCCC3)n2)c1. The van der Waals surface area contributed by atoms with Gasteiger partial charge in [0.05, 0.1) is 22.9 Å². The van der Waals surface area contributed by atoms with Gasteiger partial charge in [0.2, 0.25) is 5.82 Å². The monoisotopic (exact) mass is 398 g/mol. The van der Waals surface area contributed by atoms with Gasteiger partial charge in [0.15, 0.2) is 0 Å². The minimum absolute atomic E-state index is 0.114. The van der Waals surface area contributed by atoms with Crippen LogP contribution in [0.3, 0.4) is 0 Å². The van der Waals surface area contributed by atoms with Gasteiger partial charge in [-0.05, 0) is 43.2 Å². The summed E-state index contributed by atoms with van der Waals surface area (Å²) in [6.07, 6.45) is 2.25. The van der Waals surface area contributed by atoms with Crippen LogP contribution in [-0.4, -0.2) is 19.7 Å². The summed E-state index contributed by atoms with van der Waals surface area (Å²) in [5.41, 5.74) is 2.06. The summed E-state index contributed by atoms with van der Waals surface area (Å²) in [4.78, 5) is 8.79. The molecule has 5 nitrogen and oxygen atoms in total. The number of nitrogens with zero attached hydrogens (tertiary/aromatic N) is 4. The number of rotatable bonds is 3. The second-order valence-corrected chi connectivity index (χ2v) is 7.30. The van der Waals surface area contributed by atoms with Crippen LogP contribution in [0.5, 0.6) is 0 Å². The largest absolute Gasteiger partial charge is 0.416 e. The van der Waals surface area contributed by atoms with Crippen LogP contribution in [0.4, 0.5) is 13.2 Å². The van der Waals surface area contributed by atoms with Crippen molar-refractivity contribution in [3.63, 3.8) is 0 Å². The van der Waals surface area contributed by atoms with Gasteiger partial charge >= 0.3 is 6.18 Å². The molecule has 5 rings (SSSR count). The van der Waals surface area contributed by atoms with Crippen molar-refractivity contribution in [1.29, 1.82) is 0 Å². The van der Waals surface area contributed by atoms with Crippen LogP contribution in [0.25, 0.3) is 33.9 Å². The molecule has 1 aliphatic carbocycles. The molecule has 1 aliphatic rings. The van der Waals surface area contributed by atoms with Crippen LogP contribution >= 0.6 is 0 Å². The Hall–Kier alpha value is -3.16. The predicted octanol–water partition coefficient (Wildman–Crippen LogP) is 5.89. The third-order valence-corrected chi connectivity index (χ3v) is 5.41. The normalized spacial score (nSPS) is 15.4. The van der Waals surface area contributed by atoms with E-state index < -0.39 is 11.7 Å². The zero-order chi connectivity index (χ0) is 20.0. The van der Waals surface area contributed by atoms with Gasteiger partial charge in [-0.1, -0.05) is 30.1 Å². The Morgan fingerprint density at radius 1 is 1.00 bits per heavy atom. The highest BCUT2D eigenvalue weighted by atomic mass is 19.4. The molecule has 0 bridgehead atoms. The zero-order valence-corrected chi connectivity index (χ0v) is 15.4. The third-order valence-electron chi connectivity index (χ3n) is 5.41. The van der Waals surface area contributed by atoms with E-state index in [1.165, 1.54) is 25.0 Å². The molecule has 0 amide bonds. The van der Waals surface area contributed by atoms with Crippen LogP contribution in [0.15, 0.2) is 53.3 Å². The first-order valence-electron chi connectivity index (χ1n) is 9.47. The molecule has 148 valence electrons. The average molecular weight is 398 g/mol. The van der Waals surface area contributed by atoms with Gasteiger partial charge in [-0.3, -0.25) is 0 Å². The number of hydrogen-bond acceptors (Lipinski definition) is 4. The minimum atomic E-state index is -4.42. The lowest BCUT2D eigenvalue weighted by molar-refractivity contribution is -0.137. The van der Waals surface area contributed by atoms with Gasteiger partial charge in [-0.15, -0.1) is 0 Å². The zero-order valence-electron chi connectivity index (χ0n) is 15.4. The van der Waals surface area contributed by atoms with Crippen molar-refractivity contribution in [1.82, 2.24) is 19.7 Å².